The fourth-order valence-corrected chi connectivity index (χ4v) is 4.80. The maximum Gasteiger partial charge on any atom is 0.309 e. The molecule has 1 heterocycles. The van der Waals surface area contributed by atoms with Crippen molar-refractivity contribution in [2.24, 2.45) is 0 Å². The molecule has 0 radical (unpaired) electrons. The van der Waals surface area contributed by atoms with Gasteiger partial charge in [0.25, 0.3) is 0 Å². The molecule has 12 heteroatoms. The van der Waals surface area contributed by atoms with Crippen LogP contribution in [0, 0.1) is 11.6 Å². The summed E-state index contributed by atoms with van der Waals surface area (Å²) in [6.45, 7) is -0.103. The van der Waals surface area contributed by atoms with E-state index in [1.165, 1.54) is 0 Å². The van der Waals surface area contributed by atoms with Crippen molar-refractivity contribution in [2.45, 2.75) is 24.1 Å². The molecule has 1 fully saturated rings. The van der Waals surface area contributed by atoms with E-state index in [4.69, 9.17) is 16.3 Å². The molecule has 0 aliphatic carbocycles. The minimum absolute atomic E-state index is 0.0262. The Morgan fingerprint density at radius 2 is 1.78 bits per heavy atom. The predicted molar refractivity (Wildman–Crippen MR) is 111 cm³/mol. The molecule has 8 nitrogen and oxygen atoms in total. The van der Waals surface area contributed by atoms with Crippen molar-refractivity contribution in [3.05, 3.63) is 64.7 Å². The highest BCUT2D eigenvalue weighted by Crippen LogP contribution is 2.24. The molecule has 32 heavy (non-hydrogen) atoms. The van der Waals surface area contributed by atoms with E-state index < -0.39 is 44.6 Å². The van der Waals surface area contributed by atoms with Gasteiger partial charge in [-0.3, -0.25) is 9.59 Å². The molecule has 2 aromatic carbocycles. The third-order valence-electron chi connectivity index (χ3n) is 4.64. The molecular weight excluding hydrogens is 468 g/mol. The molecule has 1 unspecified atom stereocenters. The Bertz CT molecular complexity index is 1100. The first kappa shape index (κ1) is 24.1. The largest absolute Gasteiger partial charge is 0.360 e. The molecule has 0 saturated carbocycles. The van der Waals surface area contributed by atoms with Crippen molar-refractivity contribution in [3.8, 4) is 0 Å². The topological polar surface area (TPSA) is 105 Å². The van der Waals surface area contributed by atoms with Gasteiger partial charge in [0.1, 0.15) is 22.8 Å². The van der Waals surface area contributed by atoms with Gasteiger partial charge in [0, 0.05) is 18.1 Å². The van der Waals surface area contributed by atoms with Crippen molar-refractivity contribution in [3.63, 3.8) is 0 Å². The van der Waals surface area contributed by atoms with E-state index in [9.17, 15) is 26.8 Å². The first-order valence-corrected chi connectivity index (χ1v) is 11.4. The molecule has 1 saturated heterocycles. The summed E-state index contributed by atoms with van der Waals surface area (Å²) < 4.78 is 59.6. The highest BCUT2D eigenvalue weighted by atomic mass is 35.5. The first-order chi connectivity index (χ1) is 15.2. The standard InChI is InChI=1S/C20H20ClF2N3O5S/c21-14-4-2-13(3-5-14)11-24-19(27)20(28)25-12-18-26(8-1-9-31-18)32(29,30)17-10-15(22)6-7-16(17)23/h2-7,10,18H,1,8-9,11-12H2,(H,24,27)(H,25,28). The number of carbonyl (C=O) groups excluding carboxylic acids is 2. The number of benzene rings is 2. The third kappa shape index (κ3) is 5.80. The quantitative estimate of drug-likeness (QED) is 0.604. The first-order valence-electron chi connectivity index (χ1n) is 9.57. The Kier molecular flexibility index (Phi) is 7.77. The van der Waals surface area contributed by atoms with Gasteiger partial charge >= 0.3 is 11.8 Å². The number of amides is 2. The summed E-state index contributed by atoms with van der Waals surface area (Å²) in [5.41, 5.74) is 0.723. The van der Waals surface area contributed by atoms with Crippen LogP contribution < -0.4 is 10.6 Å². The lowest BCUT2D eigenvalue weighted by Crippen LogP contribution is -2.53. The molecule has 2 amide bonds. The molecule has 3 rings (SSSR count). The number of carbonyl (C=O) groups is 2. The average Bonchev–Trinajstić information content (AvgIpc) is 2.78. The Morgan fingerprint density at radius 3 is 2.50 bits per heavy atom. The fourth-order valence-electron chi connectivity index (χ4n) is 3.03. The number of hydrogen-bond donors (Lipinski definition) is 2. The van der Waals surface area contributed by atoms with Crippen LogP contribution in [0.1, 0.15) is 12.0 Å². The van der Waals surface area contributed by atoms with Gasteiger partial charge in [-0.1, -0.05) is 23.7 Å². The summed E-state index contributed by atoms with van der Waals surface area (Å²) in [7, 11) is -4.45. The van der Waals surface area contributed by atoms with E-state index in [-0.39, 0.29) is 26.2 Å². The number of hydrogen-bond acceptors (Lipinski definition) is 5. The van der Waals surface area contributed by atoms with Crippen molar-refractivity contribution in [1.82, 2.24) is 14.9 Å². The molecular formula is C20H20ClF2N3O5S. The van der Waals surface area contributed by atoms with Crippen molar-refractivity contribution in [2.75, 3.05) is 19.7 Å². The number of ether oxygens (including phenoxy) is 1. The maximum absolute atomic E-state index is 14.1. The van der Waals surface area contributed by atoms with Crippen molar-refractivity contribution in [1.29, 1.82) is 0 Å². The van der Waals surface area contributed by atoms with Crippen molar-refractivity contribution >= 4 is 33.4 Å². The Morgan fingerprint density at radius 1 is 1.09 bits per heavy atom. The number of rotatable bonds is 6. The van der Waals surface area contributed by atoms with E-state index in [1.54, 1.807) is 24.3 Å². The van der Waals surface area contributed by atoms with Gasteiger partial charge in [-0.05, 0) is 42.3 Å². The Balaban J connectivity index is 1.62. The van der Waals surface area contributed by atoms with E-state index >= 15 is 0 Å². The zero-order valence-electron chi connectivity index (χ0n) is 16.7. The van der Waals surface area contributed by atoms with E-state index in [0.29, 0.717) is 17.5 Å². The zero-order valence-corrected chi connectivity index (χ0v) is 18.3. The van der Waals surface area contributed by atoms with Gasteiger partial charge in [0.15, 0.2) is 0 Å². The molecule has 1 aliphatic heterocycles. The highest BCUT2D eigenvalue weighted by molar-refractivity contribution is 7.89. The van der Waals surface area contributed by atoms with Crippen LogP contribution in [0.5, 0.6) is 0 Å². The molecule has 0 bridgehead atoms. The van der Waals surface area contributed by atoms with Crippen molar-refractivity contribution < 1.29 is 31.5 Å². The van der Waals surface area contributed by atoms with Crippen LogP contribution in [0.2, 0.25) is 5.02 Å². The number of nitrogens with one attached hydrogen (secondary N) is 2. The van der Waals surface area contributed by atoms with Gasteiger partial charge < -0.3 is 15.4 Å². The maximum atomic E-state index is 14.1. The SMILES string of the molecule is O=C(NCc1ccc(Cl)cc1)C(=O)NCC1OCCCN1S(=O)(=O)c1cc(F)ccc1F. The Hall–Kier alpha value is -2.60. The number of sulfonamides is 1. The van der Waals surface area contributed by atoms with Crippen LogP contribution in [0.25, 0.3) is 0 Å². The normalized spacial score (nSPS) is 17.0. The Labute approximate surface area is 188 Å². The molecule has 2 aromatic rings. The molecule has 0 aromatic heterocycles. The lowest BCUT2D eigenvalue weighted by atomic mass is 10.2. The molecule has 2 N–H and O–H groups in total. The summed E-state index contributed by atoms with van der Waals surface area (Å²) in [6, 6.07) is 8.75. The van der Waals surface area contributed by atoms with Gasteiger partial charge in [0.2, 0.25) is 10.0 Å². The smallest absolute Gasteiger partial charge is 0.309 e. The summed E-state index contributed by atoms with van der Waals surface area (Å²) in [5, 5.41) is 5.27. The van der Waals surface area contributed by atoms with Crippen LogP contribution in [-0.2, 0) is 30.9 Å². The molecule has 1 aliphatic rings. The van der Waals surface area contributed by atoms with E-state index in [2.05, 4.69) is 10.6 Å². The monoisotopic (exact) mass is 487 g/mol. The minimum atomic E-state index is -4.45. The van der Waals surface area contributed by atoms with E-state index in [1.807, 2.05) is 0 Å². The van der Waals surface area contributed by atoms with Crippen LogP contribution in [-0.4, -0.2) is 50.5 Å². The average molecular weight is 488 g/mol. The predicted octanol–water partition coefficient (Wildman–Crippen LogP) is 1.79. The van der Waals surface area contributed by atoms with Crippen LogP contribution in [0.3, 0.4) is 0 Å². The minimum Gasteiger partial charge on any atom is -0.360 e. The molecule has 1 atom stereocenters. The second kappa shape index (κ2) is 10.3. The summed E-state index contributed by atoms with van der Waals surface area (Å²) in [4.78, 5) is 23.3. The van der Waals surface area contributed by atoms with Gasteiger partial charge in [0.05, 0.1) is 13.2 Å². The van der Waals surface area contributed by atoms with Crippen LogP contribution >= 0.6 is 11.6 Å². The summed E-state index contributed by atoms with van der Waals surface area (Å²) in [5.74, 6) is -3.95. The lowest BCUT2D eigenvalue weighted by Gasteiger charge is -2.34. The van der Waals surface area contributed by atoms with Gasteiger partial charge in [-0.15, -0.1) is 0 Å². The van der Waals surface area contributed by atoms with Crippen LogP contribution in [0.15, 0.2) is 47.4 Å². The highest BCUT2D eigenvalue weighted by Gasteiger charge is 2.36. The summed E-state index contributed by atoms with van der Waals surface area (Å²) >= 11 is 5.79. The molecule has 172 valence electrons. The second-order valence-electron chi connectivity index (χ2n) is 6.89. The number of halogens is 3. The van der Waals surface area contributed by atoms with Gasteiger partial charge in [-0.25, -0.2) is 17.2 Å². The van der Waals surface area contributed by atoms with Gasteiger partial charge in [-0.2, -0.15) is 4.31 Å². The zero-order chi connectivity index (χ0) is 23.3. The lowest BCUT2D eigenvalue weighted by molar-refractivity contribution is -0.140. The third-order valence-corrected chi connectivity index (χ3v) is 6.80. The van der Waals surface area contributed by atoms with Crippen LogP contribution in [0.4, 0.5) is 8.78 Å². The summed E-state index contributed by atoms with van der Waals surface area (Å²) in [6.07, 6.45) is -0.869. The molecule has 0 spiro atoms. The van der Waals surface area contributed by atoms with E-state index in [0.717, 1.165) is 22.0 Å². The fraction of sp³-hybridized carbons (Fsp3) is 0.300. The number of nitrogens with zero attached hydrogens (tertiary/aromatic N) is 1. The second-order valence-corrected chi connectivity index (χ2v) is 9.18.